The summed E-state index contributed by atoms with van der Waals surface area (Å²) in [6, 6.07) is 7.82. The second-order valence-electron chi connectivity index (χ2n) is 6.21. The van der Waals surface area contributed by atoms with E-state index in [1.807, 2.05) is 24.3 Å². The number of rotatable bonds is 6. The molecule has 1 heterocycles. The standard InChI is InChI=1S/C17H26O5/c1-17(2)15(9-14(10-18)22-16(17)20-4)21-11-12-5-7-13(19-3)8-6-12/h5-8,14-16,18H,9-11H2,1-4H3/t14-,15-,16-/m0/s1. The maximum absolute atomic E-state index is 9.39. The zero-order valence-corrected chi connectivity index (χ0v) is 13.7. The van der Waals surface area contributed by atoms with Crippen molar-refractivity contribution in [1.82, 2.24) is 0 Å². The average Bonchev–Trinajstić information content (AvgIpc) is 2.54. The summed E-state index contributed by atoms with van der Waals surface area (Å²) in [5.74, 6) is 0.829. The quantitative estimate of drug-likeness (QED) is 0.874. The highest BCUT2D eigenvalue weighted by Gasteiger charge is 2.45. The van der Waals surface area contributed by atoms with Crippen molar-refractivity contribution in [3.05, 3.63) is 29.8 Å². The van der Waals surface area contributed by atoms with Crippen molar-refractivity contribution in [2.24, 2.45) is 5.41 Å². The molecule has 1 aromatic carbocycles. The molecule has 1 aliphatic heterocycles. The van der Waals surface area contributed by atoms with Gasteiger partial charge in [0.15, 0.2) is 6.29 Å². The van der Waals surface area contributed by atoms with Crippen molar-refractivity contribution in [3.63, 3.8) is 0 Å². The van der Waals surface area contributed by atoms with Crippen LogP contribution < -0.4 is 4.74 Å². The molecule has 1 fully saturated rings. The SMILES string of the molecule is COc1ccc(CO[C@H]2C[C@@H](CO)O[C@H](OC)C2(C)C)cc1. The van der Waals surface area contributed by atoms with E-state index in [0.29, 0.717) is 13.0 Å². The lowest BCUT2D eigenvalue weighted by atomic mass is 9.80. The minimum atomic E-state index is -0.390. The highest BCUT2D eigenvalue weighted by atomic mass is 16.7. The highest BCUT2D eigenvalue weighted by molar-refractivity contribution is 5.26. The third-order valence-electron chi connectivity index (χ3n) is 4.26. The first kappa shape index (κ1) is 17.2. The minimum absolute atomic E-state index is 0.0294. The van der Waals surface area contributed by atoms with Gasteiger partial charge in [-0.15, -0.1) is 0 Å². The van der Waals surface area contributed by atoms with Crippen LogP contribution in [-0.4, -0.2) is 44.4 Å². The fourth-order valence-electron chi connectivity index (χ4n) is 2.78. The topological polar surface area (TPSA) is 57.2 Å². The van der Waals surface area contributed by atoms with E-state index in [1.165, 1.54) is 0 Å². The van der Waals surface area contributed by atoms with E-state index in [-0.39, 0.29) is 30.5 Å². The lowest BCUT2D eigenvalue weighted by molar-refractivity contribution is -0.281. The molecule has 5 nitrogen and oxygen atoms in total. The van der Waals surface area contributed by atoms with Crippen molar-refractivity contribution in [2.45, 2.75) is 45.4 Å². The molecule has 1 saturated heterocycles. The lowest BCUT2D eigenvalue weighted by Crippen LogP contribution is -2.52. The fraction of sp³-hybridized carbons (Fsp3) is 0.647. The largest absolute Gasteiger partial charge is 0.497 e. The predicted molar refractivity (Wildman–Crippen MR) is 82.7 cm³/mol. The van der Waals surface area contributed by atoms with Gasteiger partial charge in [-0.3, -0.25) is 0 Å². The molecule has 22 heavy (non-hydrogen) atoms. The van der Waals surface area contributed by atoms with Gasteiger partial charge in [0, 0.05) is 18.9 Å². The van der Waals surface area contributed by atoms with Gasteiger partial charge in [0.25, 0.3) is 0 Å². The maximum atomic E-state index is 9.39. The van der Waals surface area contributed by atoms with Gasteiger partial charge in [-0.25, -0.2) is 0 Å². The molecule has 0 spiro atoms. The zero-order valence-electron chi connectivity index (χ0n) is 13.7. The number of aliphatic hydroxyl groups is 1. The van der Waals surface area contributed by atoms with Crippen LogP contribution in [0, 0.1) is 5.41 Å². The molecule has 3 atom stereocenters. The second kappa shape index (κ2) is 7.42. The molecule has 0 saturated carbocycles. The van der Waals surface area contributed by atoms with E-state index >= 15 is 0 Å². The lowest BCUT2D eigenvalue weighted by Gasteiger charge is -2.46. The summed E-state index contributed by atoms with van der Waals surface area (Å²) >= 11 is 0. The van der Waals surface area contributed by atoms with Crippen LogP contribution in [0.2, 0.25) is 0 Å². The molecule has 0 aliphatic carbocycles. The Labute approximate surface area is 132 Å². The Hall–Kier alpha value is -1.14. The molecular weight excluding hydrogens is 284 g/mol. The molecule has 0 amide bonds. The smallest absolute Gasteiger partial charge is 0.165 e. The first-order valence-corrected chi connectivity index (χ1v) is 7.55. The third kappa shape index (κ3) is 3.79. The van der Waals surface area contributed by atoms with E-state index < -0.39 is 0 Å². The third-order valence-corrected chi connectivity index (χ3v) is 4.26. The Morgan fingerprint density at radius 3 is 2.45 bits per heavy atom. The van der Waals surface area contributed by atoms with Gasteiger partial charge in [-0.2, -0.15) is 0 Å². The second-order valence-corrected chi connectivity index (χ2v) is 6.21. The van der Waals surface area contributed by atoms with Gasteiger partial charge in [0.2, 0.25) is 0 Å². The molecular formula is C17H26O5. The van der Waals surface area contributed by atoms with Crippen LogP contribution in [0.5, 0.6) is 5.75 Å². The van der Waals surface area contributed by atoms with Crippen LogP contribution in [0.3, 0.4) is 0 Å². The van der Waals surface area contributed by atoms with Gasteiger partial charge < -0.3 is 24.1 Å². The van der Waals surface area contributed by atoms with E-state index in [0.717, 1.165) is 11.3 Å². The van der Waals surface area contributed by atoms with Crippen molar-refractivity contribution < 1.29 is 24.1 Å². The monoisotopic (exact) mass is 310 g/mol. The summed E-state index contributed by atoms with van der Waals surface area (Å²) in [7, 11) is 3.27. The molecule has 0 bridgehead atoms. The molecule has 0 radical (unpaired) electrons. The summed E-state index contributed by atoms with van der Waals surface area (Å²) in [6.07, 6.45) is -0.0389. The zero-order chi connectivity index (χ0) is 16.2. The Kier molecular flexibility index (Phi) is 5.81. The number of ether oxygens (including phenoxy) is 4. The number of hydrogen-bond acceptors (Lipinski definition) is 5. The van der Waals surface area contributed by atoms with Gasteiger partial charge in [-0.05, 0) is 17.7 Å². The molecule has 1 aromatic rings. The van der Waals surface area contributed by atoms with Gasteiger partial charge in [0.05, 0.1) is 32.5 Å². The summed E-state index contributed by atoms with van der Waals surface area (Å²) in [5, 5.41) is 9.39. The first-order chi connectivity index (χ1) is 10.5. The minimum Gasteiger partial charge on any atom is -0.497 e. The van der Waals surface area contributed by atoms with E-state index in [2.05, 4.69) is 13.8 Å². The van der Waals surface area contributed by atoms with Crippen molar-refractivity contribution >= 4 is 0 Å². The molecule has 124 valence electrons. The Balaban J connectivity index is 2.01. The van der Waals surface area contributed by atoms with Crippen molar-refractivity contribution in [1.29, 1.82) is 0 Å². The van der Waals surface area contributed by atoms with Gasteiger partial charge in [-0.1, -0.05) is 26.0 Å². The van der Waals surface area contributed by atoms with Crippen LogP contribution in [0.15, 0.2) is 24.3 Å². The highest BCUT2D eigenvalue weighted by Crippen LogP contribution is 2.39. The predicted octanol–water partition coefficient (Wildman–Crippen LogP) is 2.36. The normalized spacial score (nSPS) is 27.6. The summed E-state index contributed by atoms with van der Waals surface area (Å²) < 4.78 is 22.4. The molecule has 1 N–H and O–H groups in total. The number of aliphatic hydroxyl groups excluding tert-OH is 1. The van der Waals surface area contributed by atoms with E-state index in [4.69, 9.17) is 18.9 Å². The molecule has 1 aliphatic rings. The fourth-order valence-corrected chi connectivity index (χ4v) is 2.78. The molecule has 2 rings (SSSR count). The summed E-state index contributed by atoms with van der Waals surface area (Å²) in [5.41, 5.74) is 0.796. The summed E-state index contributed by atoms with van der Waals surface area (Å²) in [6.45, 7) is 4.60. The van der Waals surface area contributed by atoms with Crippen LogP contribution in [0.25, 0.3) is 0 Å². The Morgan fingerprint density at radius 1 is 1.23 bits per heavy atom. The first-order valence-electron chi connectivity index (χ1n) is 7.55. The van der Waals surface area contributed by atoms with E-state index in [1.54, 1.807) is 14.2 Å². The number of benzene rings is 1. The van der Waals surface area contributed by atoms with E-state index in [9.17, 15) is 5.11 Å². The maximum Gasteiger partial charge on any atom is 0.165 e. The van der Waals surface area contributed by atoms with Crippen molar-refractivity contribution in [2.75, 3.05) is 20.8 Å². The van der Waals surface area contributed by atoms with Crippen LogP contribution >= 0.6 is 0 Å². The van der Waals surface area contributed by atoms with Crippen molar-refractivity contribution in [3.8, 4) is 5.75 Å². The van der Waals surface area contributed by atoms with Crippen LogP contribution in [-0.2, 0) is 20.8 Å². The Morgan fingerprint density at radius 2 is 1.91 bits per heavy atom. The van der Waals surface area contributed by atoms with Gasteiger partial charge >= 0.3 is 0 Å². The summed E-state index contributed by atoms with van der Waals surface area (Å²) in [4.78, 5) is 0. The number of methoxy groups -OCH3 is 2. The average molecular weight is 310 g/mol. The molecule has 5 heteroatoms. The van der Waals surface area contributed by atoms with Gasteiger partial charge in [0.1, 0.15) is 5.75 Å². The van der Waals surface area contributed by atoms with Crippen LogP contribution in [0.1, 0.15) is 25.8 Å². The number of hydrogen-bond donors (Lipinski definition) is 1. The van der Waals surface area contributed by atoms with Crippen LogP contribution in [0.4, 0.5) is 0 Å². The Bertz CT molecular complexity index is 457. The molecule has 0 aromatic heterocycles. The molecule has 0 unspecified atom stereocenters.